The molecule has 1 atom stereocenters. The van der Waals surface area contributed by atoms with Crippen molar-refractivity contribution in [3.05, 3.63) is 46.4 Å². The lowest BCUT2D eigenvalue weighted by Gasteiger charge is -2.16. The number of halogens is 2. The number of hydrogen-bond donors (Lipinski definition) is 1. The summed E-state index contributed by atoms with van der Waals surface area (Å²) < 4.78 is 1.05. The van der Waals surface area contributed by atoms with Crippen molar-refractivity contribution >= 4 is 45.0 Å². The van der Waals surface area contributed by atoms with E-state index in [1.165, 1.54) is 0 Å². The number of nitrogens with zero attached hydrogens (tertiary/aromatic N) is 1. The van der Waals surface area contributed by atoms with Crippen molar-refractivity contribution in [2.45, 2.75) is 12.5 Å². The molecule has 1 heterocycles. The molecule has 0 aromatic heterocycles. The standard InChI is InChI=1S/C15H15BrN2O.ClH/c16-13-4-3-10-7-12(2-1-11(10)8-13)15(19)18-6-5-14(17)9-18;/h1-4,7-8,14H,5-6,9,17H2;1H/t14-;/m0./s1. The molecule has 1 aliphatic rings. The van der Waals surface area contributed by atoms with E-state index < -0.39 is 0 Å². The highest BCUT2D eigenvalue weighted by Crippen LogP contribution is 2.22. The first-order valence-electron chi connectivity index (χ1n) is 6.38. The van der Waals surface area contributed by atoms with E-state index in [2.05, 4.69) is 22.0 Å². The first-order chi connectivity index (χ1) is 9.13. The van der Waals surface area contributed by atoms with Crippen LogP contribution in [0.15, 0.2) is 40.9 Å². The Balaban J connectivity index is 0.00000147. The van der Waals surface area contributed by atoms with Gasteiger partial charge in [-0.25, -0.2) is 0 Å². The number of rotatable bonds is 1. The zero-order valence-electron chi connectivity index (χ0n) is 10.9. The largest absolute Gasteiger partial charge is 0.337 e. The van der Waals surface area contributed by atoms with Gasteiger partial charge < -0.3 is 10.6 Å². The summed E-state index contributed by atoms with van der Waals surface area (Å²) >= 11 is 3.45. The van der Waals surface area contributed by atoms with Gasteiger partial charge in [-0.05, 0) is 41.5 Å². The van der Waals surface area contributed by atoms with Gasteiger partial charge in [0, 0.05) is 29.2 Å². The van der Waals surface area contributed by atoms with Crippen LogP contribution < -0.4 is 5.73 Å². The van der Waals surface area contributed by atoms with Gasteiger partial charge in [0.2, 0.25) is 0 Å². The summed E-state index contributed by atoms with van der Waals surface area (Å²) in [7, 11) is 0. The van der Waals surface area contributed by atoms with Gasteiger partial charge in [-0.1, -0.05) is 28.1 Å². The topological polar surface area (TPSA) is 46.3 Å². The van der Waals surface area contributed by atoms with Crippen LogP contribution in [0.4, 0.5) is 0 Å². The van der Waals surface area contributed by atoms with Crippen LogP contribution in [0.1, 0.15) is 16.8 Å². The highest BCUT2D eigenvalue weighted by atomic mass is 79.9. The fraction of sp³-hybridized carbons (Fsp3) is 0.267. The van der Waals surface area contributed by atoms with Crippen LogP contribution in [0.25, 0.3) is 10.8 Å². The Labute approximate surface area is 132 Å². The number of benzene rings is 2. The van der Waals surface area contributed by atoms with Crippen LogP contribution in [-0.2, 0) is 0 Å². The van der Waals surface area contributed by atoms with E-state index in [4.69, 9.17) is 5.73 Å². The van der Waals surface area contributed by atoms with Gasteiger partial charge in [0.1, 0.15) is 0 Å². The number of amides is 1. The first kappa shape index (κ1) is 15.3. The number of fused-ring (bicyclic) bond motifs is 1. The predicted molar refractivity (Wildman–Crippen MR) is 87.4 cm³/mol. The summed E-state index contributed by atoms with van der Waals surface area (Å²) in [5.74, 6) is 0.0813. The first-order valence-corrected chi connectivity index (χ1v) is 7.17. The average molecular weight is 356 g/mol. The summed E-state index contributed by atoms with van der Waals surface area (Å²) in [6, 6.07) is 12.0. The Bertz CT molecular complexity index is 647. The molecular weight excluding hydrogens is 340 g/mol. The smallest absolute Gasteiger partial charge is 0.253 e. The fourth-order valence-corrected chi connectivity index (χ4v) is 2.88. The molecule has 3 rings (SSSR count). The molecule has 0 saturated carbocycles. The van der Waals surface area contributed by atoms with Gasteiger partial charge >= 0.3 is 0 Å². The molecule has 2 N–H and O–H groups in total. The Kier molecular flexibility index (Phi) is 4.68. The Morgan fingerprint density at radius 2 is 1.90 bits per heavy atom. The minimum absolute atomic E-state index is 0. The average Bonchev–Trinajstić information content (AvgIpc) is 2.84. The fourth-order valence-electron chi connectivity index (χ4n) is 2.50. The second kappa shape index (κ2) is 6.12. The maximum atomic E-state index is 12.4. The summed E-state index contributed by atoms with van der Waals surface area (Å²) in [5, 5.41) is 2.21. The molecule has 0 radical (unpaired) electrons. The molecule has 3 nitrogen and oxygen atoms in total. The summed E-state index contributed by atoms with van der Waals surface area (Å²) in [6.45, 7) is 1.43. The number of nitrogens with two attached hydrogens (primary N) is 1. The Hall–Kier alpha value is -1.10. The van der Waals surface area contributed by atoms with E-state index in [0.29, 0.717) is 6.54 Å². The number of carbonyl (C=O) groups is 1. The normalized spacial score (nSPS) is 18.1. The van der Waals surface area contributed by atoms with Gasteiger partial charge in [-0.15, -0.1) is 12.4 Å². The van der Waals surface area contributed by atoms with Crippen molar-refractivity contribution in [1.82, 2.24) is 4.90 Å². The predicted octanol–water partition coefficient (Wildman–Crippen LogP) is 3.20. The highest BCUT2D eigenvalue weighted by molar-refractivity contribution is 9.10. The third kappa shape index (κ3) is 2.97. The molecule has 1 saturated heterocycles. The lowest BCUT2D eigenvalue weighted by Crippen LogP contribution is -2.31. The molecule has 106 valence electrons. The number of likely N-dealkylation sites (tertiary alicyclic amines) is 1. The molecule has 2 aromatic rings. The summed E-state index contributed by atoms with van der Waals surface area (Å²) in [5.41, 5.74) is 6.59. The molecule has 20 heavy (non-hydrogen) atoms. The van der Waals surface area contributed by atoms with E-state index in [1.807, 2.05) is 35.2 Å². The molecule has 1 amide bonds. The third-order valence-corrected chi connectivity index (χ3v) is 4.05. The monoisotopic (exact) mass is 354 g/mol. The van der Waals surface area contributed by atoms with Crippen LogP contribution in [-0.4, -0.2) is 29.9 Å². The molecule has 1 fully saturated rings. The van der Waals surface area contributed by atoms with Gasteiger partial charge in [-0.2, -0.15) is 0 Å². The number of carbonyl (C=O) groups excluding carboxylic acids is 1. The SMILES string of the molecule is Cl.N[C@H]1CCN(C(=O)c2ccc3cc(Br)ccc3c2)C1. The van der Waals surface area contributed by atoms with Crippen molar-refractivity contribution in [1.29, 1.82) is 0 Å². The quantitative estimate of drug-likeness (QED) is 0.854. The summed E-state index contributed by atoms with van der Waals surface area (Å²) in [4.78, 5) is 14.2. The molecule has 0 aliphatic carbocycles. The van der Waals surface area contributed by atoms with Crippen LogP contribution in [0.5, 0.6) is 0 Å². The van der Waals surface area contributed by atoms with Crippen LogP contribution in [0.3, 0.4) is 0 Å². The molecule has 5 heteroatoms. The van der Waals surface area contributed by atoms with Crippen LogP contribution >= 0.6 is 28.3 Å². The van der Waals surface area contributed by atoms with E-state index in [1.54, 1.807) is 0 Å². The second-order valence-electron chi connectivity index (χ2n) is 5.01. The lowest BCUT2D eigenvalue weighted by atomic mass is 10.1. The Morgan fingerprint density at radius 1 is 1.20 bits per heavy atom. The van der Waals surface area contributed by atoms with E-state index in [0.717, 1.165) is 33.8 Å². The van der Waals surface area contributed by atoms with Gasteiger partial charge in [0.25, 0.3) is 5.91 Å². The van der Waals surface area contributed by atoms with E-state index in [9.17, 15) is 4.79 Å². The van der Waals surface area contributed by atoms with E-state index in [-0.39, 0.29) is 24.4 Å². The van der Waals surface area contributed by atoms with Crippen LogP contribution in [0.2, 0.25) is 0 Å². The van der Waals surface area contributed by atoms with Crippen molar-refractivity contribution in [2.75, 3.05) is 13.1 Å². The molecule has 1 aliphatic heterocycles. The zero-order chi connectivity index (χ0) is 13.4. The van der Waals surface area contributed by atoms with Crippen molar-refractivity contribution in [3.8, 4) is 0 Å². The maximum absolute atomic E-state index is 12.4. The van der Waals surface area contributed by atoms with Crippen molar-refractivity contribution < 1.29 is 4.79 Å². The lowest BCUT2D eigenvalue weighted by molar-refractivity contribution is 0.0791. The molecule has 0 spiro atoms. The summed E-state index contributed by atoms with van der Waals surface area (Å²) in [6.07, 6.45) is 0.895. The zero-order valence-corrected chi connectivity index (χ0v) is 13.3. The third-order valence-electron chi connectivity index (χ3n) is 3.56. The van der Waals surface area contributed by atoms with Crippen molar-refractivity contribution in [3.63, 3.8) is 0 Å². The molecule has 2 aromatic carbocycles. The number of hydrogen-bond acceptors (Lipinski definition) is 2. The van der Waals surface area contributed by atoms with Gasteiger partial charge in [0.05, 0.1) is 0 Å². The molecule has 0 bridgehead atoms. The minimum atomic E-state index is 0. The van der Waals surface area contributed by atoms with Gasteiger partial charge in [-0.3, -0.25) is 4.79 Å². The van der Waals surface area contributed by atoms with Gasteiger partial charge in [0.15, 0.2) is 0 Å². The Morgan fingerprint density at radius 3 is 2.60 bits per heavy atom. The second-order valence-corrected chi connectivity index (χ2v) is 5.92. The van der Waals surface area contributed by atoms with E-state index >= 15 is 0 Å². The van der Waals surface area contributed by atoms with Crippen LogP contribution in [0, 0.1) is 0 Å². The highest BCUT2D eigenvalue weighted by Gasteiger charge is 2.24. The minimum Gasteiger partial charge on any atom is -0.337 e. The molecule has 0 unspecified atom stereocenters. The maximum Gasteiger partial charge on any atom is 0.253 e. The van der Waals surface area contributed by atoms with Crippen molar-refractivity contribution in [2.24, 2.45) is 5.73 Å². The molecular formula is C15H16BrClN2O.